The monoisotopic (exact) mass is 237 g/mol. The molecule has 1 aromatic carbocycles. The van der Waals surface area contributed by atoms with Crippen LogP contribution in [0.3, 0.4) is 0 Å². The highest BCUT2D eigenvalue weighted by molar-refractivity contribution is 5.90. The van der Waals surface area contributed by atoms with Gasteiger partial charge in [-0.2, -0.15) is 4.39 Å². The lowest BCUT2D eigenvalue weighted by Gasteiger charge is -2.03. The van der Waals surface area contributed by atoms with E-state index < -0.39 is 17.1 Å². The number of aldehydes is 1. The van der Waals surface area contributed by atoms with Crippen LogP contribution in [0.2, 0.25) is 0 Å². The van der Waals surface area contributed by atoms with Crippen LogP contribution < -0.4 is 10.2 Å². The second-order valence-electron chi connectivity index (χ2n) is 3.67. The minimum Gasteiger partial charge on any atom is -0.467 e. The average molecular weight is 237 g/mol. The van der Waals surface area contributed by atoms with Gasteiger partial charge in [-0.25, -0.2) is 4.39 Å². The maximum absolute atomic E-state index is 13.4. The number of nitrogens with zero attached hydrogens (tertiary/aromatic N) is 1. The second-order valence-corrected chi connectivity index (χ2v) is 3.67. The first-order valence-corrected chi connectivity index (χ1v) is 4.76. The van der Waals surface area contributed by atoms with E-state index >= 15 is 0 Å². The molecular weight excluding hydrogens is 232 g/mol. The SMILES string of the molecule is O=Cc1cn2c3c(c(F)c(F)cc3c1=O)OC2. The number of halogens is 2. The fourth-order valence-corrected chi connectivity index (χ4v) is 1.95. The van der Waals surface area contributed by atoms with Crippen molar-refractivity contribution in [3.8, 4) is 5.75 Å². The summed E-state index contributed by atoms with van der Waals surface area (Å²) in [5.41, 5.74) is -0.559. The van der Waals surface area contributed by atoms with E-state index in [9.17, 15) is 18.4 Å². The van der Waals surface area contributed by atoms with E-state index in [4.69, 9.17) is 4.74 Å². The first kappa shape index (κ1) is 9.95. The van der Waals surface area contributed by atoms with E-state index in [2.05, 4.69) is 0 Å². The Labute approximate surface area is 93.0 Å². The predicted octanol–water partition coefficient (Wildman–Crippen LogP) is 1.44. The van der Waals surface area contributed by atoms with Crippen LogP contribution in [0, 0.1) is 11.6 Å². The minimum absolute atomic E-state index is 0.0483. The number of pyridine rings is 1. The number of rotatable bonds is 1. The number of carbonyl (C=O) groups excluding carboxylic acids is 1. The van der Waals surface area contributed by atoms with E-state index in [0.717, 1.165) is 6.07 Å². The molecule has 0 radical (unpaired) electrons. The summed E-state index contributed by atoms with van der Waals surface area (Å²) in [6.45, 7) is -0.0483. The van der Waals surface area contributed by atoms with Crippen molar-refractivity contribution in [1.29, 1.82) is 0 Å². The van der Waals surface area contributed by atoms with Gasteiger partial charge in [0.05, 0.1) is 10.9 Å². The molecule has 0 saturated heterocycles. The van der Waals surface area contributed by atoms with Gasteiger partial charge in [-0.15, -0.1) is 0 Å². The molecule has 4 nitrogen and oxygen atoms in total. The summed E-state index contributed by atoms with van der Waals surface area (Å²) in [7, 11) is 0. The molecule has 0 atom stereocenters. The Morgan fingerprint density at radius 3 is 2.88 bits per heavy atom. The molecule has 0 bridgehead atoms. The van der Waals surface area contributed by atoms with Crippen molar-refractivity contribution in [2.24, 2.45) is 0 Å². The van der Waals surface area contributed by atoms with Gasteiger partial charge in [0.15, 0.2) is 30.0 Å². The van der Waals surface area contributed by atoms with Gasteiger partial charge in [0.25, 0.3) is 0 Å². The maximum Gasteiger partial charge on any atom is 0.202 e. The van der Waals surface area contributed by atoms with Crippen molar-refractivity contribution in [3.05, 3.63) is 39.7 Å². The zero-order chi connectivity index (χ0) is 12.2. The summed E-state index contributed by atoms with van der Waals surface area (Å²) in [6.07, 6.45) is 1.65. The fraction of sp³-hybridized carbons (Fsp3) is 0.0909. The van der Waals surface area contributed by atoms with E-state index in [1.165, 1.54) is 10.8 Å². The first-order chi connectivity index (χ1) is 8.13. The molecule has 86 valence electrons. The summed E-state index contributed by atoms with van der Waals surface area (Å²) < 4.78 is 33.0. The molecule has 0 fully saturated rings. The number of ether oxygens (including phenoxy) is 1. The van der Waals surface area contributed by atoms with Gasteiger partial charge in [0.2, 0.25) is 5.82 Å². The van der Waals surface area contributed by atoms with Crippen LogP contribution in [0.25, 0.3) is 10.9 Å². The van der Waals surface area contributed by atoms with Crippen molar-refractivity contribution in [3.63, 3.8) is 0 Å². The van der Waals surface area contributed by atoms with Crippen molar-refractivity contribution in [2.75, 3.05) is 0 Å². The smallest absolute Gasteiger partial charge is 0.202 e. The van der Waals surface area contributed by atoms with Gasteiger partial charge < -0.3 is 9.30 Å². The summed E-state index contributed by atoms with van der Waals surface area (Å²) in [5.74, 6) is -2.57. The van der Waals surface area contributed by atoms with Crippen molar-refractivity contribution in [2.45, 2.75) is 6.73 Å². The van der Waals surface area contributed by atoms with Crippen LogP contribution in [-0.4, -0.2) is 10.9 Å². The molecule has 2 aromatic rings. The lowest BCUT2D eigenvalue weighted by Crippen LogP contribution is -2.12. The Kier molecular flexibility index (Phi) is 1.83. The summed E-state index contributed by atoms with van der Waals surface area (Å²) in [4.78, 5) is 22.5. The normalized spacial score (nSPS) is 12.8. The number of hydrogen-bond acceptors (Lipinski definition) is 3. The van der Waals surface area contributed by atoms with Gasteiger partial charge in [0.1, 0.15) is 5.52 Å². The van der Waals surface area contributed by atoms with Gasteiger partial charge in [0, 0.05) is 6.20 Å². The Bertz CT molecular complexity index is 721. The molecule has 0 N–H and O–H groups in total. The highest BCUT2D eigenvalue weighted by atomic mass is 19.2. The molecule has 1 aliphatic heterocycles. The molecule has 3 rings (SSSR count). The van der Waals surface area contributed by atoms with Gasteiger partial charge in [-0.05, 0) is 6.07 Å². The third-order valence-corrected chi connectivity index (χ3v) is 2.71. The van der Waals surface area contributed by atoms with E-state index in [-0.39, 0.29) is 28.9 Å². The summed E-state index contributed by atoms with van der Waals surface area (Å²) in [6, 6.07) is 0.786. The number of hydrogen-bond donors (Lipinski definition) is 0. The largest absolute Gasteiger partial charge is 0.467 e. The molecule has 0 saturated carbocycles. The highest BCUT2D eigenvalue weighted by Crippen LogP contribution is 2.33. The predicted molar refractivity (Wildman–Crippen MR) is 54.1 cm³/mol. The van der Waals surface area contributed by atoms with E-state index in [1.807, 2.05) is 0 Å². The molecule has 2 heterocycles. The van der Waals surface area contributed by atoms with E-state index in [0.29, 0.717) is 6.29 Å². The number of aromatic nitrogens is 1. The fourth-order valence-electron chi connectivity index (χ4n) is 1.95. The molecule has 0 spiro atoms. The molecule has 0 amide bonds. The number of carbonyl (C=O) groups is 1. The van der Waals surface area contributed by atoms with Crippen LogP contribution in [-0.2, 0) is 6.73 Å². The average Bonchev–Trinajstić information content (AvgIpc) is 2.74. The maximum atomic E-state index is 13.4. The number of benzene rings is 1. The Morgan fingerprint density at radius 2 is 2.18 bits per heavy atom. The Hall–Kier alpha value is -2.24. The molecule has 17 heavy (non-hydrogen) atoms. The summed E-state index contributed by atoms with van der Waals surface area (Å²) >= 11 is 0. The summed E-state index contributed by atoms with van der Waals surface area (Å²) in [5, 5.41) is -0.0546. The van der Waals surface area contributed by atoms with Gasteiger partial charge in [-0.1, -0.05) is 0 Å². The van der Waals surface area contributed by atoms with Crippen LogP contribution in [0.4, 0.5) is 8.78 Å². The minimum atomic E-state index is -1.17. The molecule has 0 unspecified atom stereocenters. The van der Waals surface area contributed by atoms with Crippen LogP contribution >= 0.6 is 0 Å². The van der Waals surface area contributed by atoms with Crippen molar-refractivity contribution < 1.29 is 18.3 Å². The lowest BCUT2D eigenvalue weighted by atomic mass is 10.1. The third-order valence-electron chi connectivity index (χ3n) is 2.71. The quantitative estimate of drug-likeness (QED) is 0.705. The molecule has 1 aromatic heterocycles. The zero-order valence-electron chi connectivity index (χ0n) is 8.37. The lowest BCUT2D eigenvalue weighted by molar-refractivity contribution is 0.112. The topological polar surface area (TPSA) is 48.3 Å². The molecule has 6 heteroatoms. The van der Waals surface area contributed by atoms with Crippen molar-refractivity contribution >= 4 is 17.2 Å². The zero-order valence-corrected chi connectivity index (χ0v) is 8.37. The van der Waals surface area contributed by atoms with Crippen LogP contribution in [0.15, 0.2) is 17.1 Å². The Morgan fingerprint density at radius 1 is 1.41 bits per heavy atom. The standard InChI is InChI=1S/C11H5F2NO3/c12-7-1-6-9-11(8(7)13)17-4-14(9)2-5(3-15)10(6)16/h1-3H,4H2. The van der Waals surface area contributed by atoms with Gasteiger partial charge in [-0.3, -0.25) is 9.59 Å². The molecule has 0 aliphatic carbocycles. The van der Waals surface area contributed by atoms with Crippen LogP contribution in [0.1, 0.15) is 10.4 Å². The van der Waals surface area contributed by atoms with Crippen LogP contribution in [0.5, 0.6) is 5.75 Å². The van der Waals surface area contributed by atoms with E-state index in [1.54, 1.807) is 0 Å². The molecule has 1 aliphatic rings. The molecular formula is C11H5F2NO3. The van der Waals surface area contributed by atoms with Gasteiger partial charge >= 0.3 is 0 Å². The second kappa shape index (κ2) is 3.13. The van der Waals surface area contributed by atoms with Crippen molar-refractivity contribution in [1.82, 2.24) is 4.57 Å². The third kappa shape index (κ3) is 1.15. The Balaban J connectivity index is 2.60. The first-order valence-electron chi connectivity index (χ1n) is 4.76. The highest BCUT2D eigenvalue weighted by Gasteiger charge is 2.24.